The summed E-state index contributed by atoms with van der Waals surface area (Å²) in [6, 6.07) is 79.1. The Morgan fingerprint density at radius 2 is 0.455 bits per heavy atom. The number of benzene rings is 13. The smallest absolute Gasteiger partial charge is 0.345 e. The molecule has 0 aromatic heterocycles. The molecule has 0 aliphatic rings. The molecule has 0 spiro atoms. The molecule has 0 bridgehead atoms. The first-order chi connectivity index (χ1) is 43.6. The van der Waals surface area contributed by atoms with Gasteiger partial charge in [-0.05, 0) is 119 Å². The third-order valence-electron chi connectivity index (χ3n) is 16.3. The van der Waals surface area contributed by atoms with Gasteiger partial charge in [-0.25, -0.2) is 4.79 Å². The number of ether oxygens (including phenoxy) is 8. The van der Waals surface area contributed by atoms with Crippen molar-refractivity contribution in [1.29, 1.82) is 0 Å². The van der Waals surface area contributed by atoms with Crippen LogP contribution in [0, 0.1) is 0 Å². The minimum atomic E-state index is -0.534. The van der Waals surface area contributed by atoms with Crippen molar-refractivity contribution in [3.63, 3.8) is 0 Å². The number of fused-ring (bicyclic) bond motifs is 8. The zero-order valence-electron chi connectivity index (χ0n) is 49.4. The number of carbonyl (C=O) groups excluding carboxylic acids is 1. The van der Waals surface area contributed by atoms with E-state index < -0.39 is 5.97 Å². The molecule has 0 N–H and O–H groups in total. The van der Waals surface area contributed by atoms with E-state index in [2.05, 4.69) is 170 Å². The first-order valence-corrected chi connectivity index (χ1v) is 31.0. The highest BCUT2D eigenvalue weighted by atomic mass is 16.5. The molecule has 0 saturated carbocycles. The summed E-state index contributed by atoms with van der Waals surface area (Å²) in [5.74, 6) is 4.17. The zero-order valence-corrected chi connectivity index (χ0v) is 49.4. The molecule has 88 heavy (non-hydrogen) atoms. The van der Waals surface area contributed by atoms with E-state index in [9.17, 15) is 4.79 Å². The fourth-order valence-electron chi connectivity index (χ4n) is 11.9. The van der Waals surface area contributed by atoms with Crippen LogP contribution in [-0.2, 0) is 4.74 Å². The van der Waals surface area contributed by atoms with Gasteiger partial charge in [-0.3, -0.25) is 0 Å². The van der Waals surface area contributed by atoms with Gasteiger partial charge in [0, 0.05) is 55.2 Å². The predicted octanol–water partition coefficient (Wildman–Crippen LogP) is 19.6. The molecule has 0 fully saturated rings. The molecule has 0 heterocycles. The summed E-state index contributed by atoms with van der Waals surface area (Å²) in [5.41, 5.74) is 0.221. The fourth-order valence-corrected chi connectivity index (χ4v) is 11.9. The molecule has 0 saturated heterocycles. The Hall–Kier alpha value is -9.99. The Labute approximate surface area is 512 Å². The maximum Gasteiger partial charge on any atom is 0.345 e. The molecule has 0 atom stereocenters. The number of hydrogen-bond donors (Lipinski definition) is 0. The molecule has 0 aliphatic carbocycles. The summed E-state index contributed by atoms with van der Waals surface area (Å²) in [6.45, 7) is 3.13. The number of carbonyl (C=O) groups is 1. The number of esters is 1. The van der Waals surface area contributed by atoms with E-state index >= 15 is 0 Å². The molecule has 9 nitrogen and oxygen atoms in total. The Kier molecular flexibility index (Phi) is 17.9. The van der Waals surface area contributed by atoms with Crippen molar-refractivity contribution in [3.8, 4) is 40.2 Å². The van der Waals surface area contributed by atoms with E-state index in [0.717, 1.165) is 122 Å². The summed E-state index contributed by atoms with van der Waals surface area (Å²) in [5, 5.41) is 17.7. The highest BCUT2D eigenvalue weighted by molar-refractivity contribution is 6.08. The second-order valence-corrected chi connectivity index (χ2v) is 22.3. The Morgan fingerprint density at radius 3 is 0.716 bits per heavy atom. The predicted molar refractivity (Wildman–Crippen MR) is 358 cm³/mol. The molecule has 13 aromatic carbocycles. The van der Waals surface area contributed by atoms with Crippen LogP contribution >= 0.6 is 0 Å². The summed E-state index contributed by atoms with van der Waals surface area (Å²) in [6.07, 6.45) is 5.46. The van der Waals surface area contributed by atoms with Crippen molar-refractivity contribution >= 4 is 92.1 Å². The lowest BCUT2D eigenvalue weighted by Gasteiger charge is -2.19. The van der Waals surface area contributed by atoms with Gasteiger partial charge < -0.3 is 37.9 Å². The van der Waals surface area contributed by atoms with Gasteiger partial charge in [0.15, 0.2) is 0 Å². The largest absolute Gasteiger partial charge is 0.493 e. The molecule has 13 aromatic rings. The average molecular weight is 1160 g/mol. The van der Waals surface area contributed by atoms with Crippen LogP contribution in [0.2, 0.25) is 0 Å². The highest BCUT2D eigenvalue weighted by Gasteiger charge is 2.24. The van der Waals surface area contributed by atoms with E-state index in [1.54, 1.807) is 12.1 Å². The van der Waals surface area contributed by atoms with E-state index in [1.807, 2.05) is 48.5 Å². The minimum absolute atomic E-state index is 0.173. The molecule has 13 rings (SSSR count). The van der Waals surface area contributed by atoms with Crippen molar-refractivity contribution < 1.29 is 42.7 Å². The van der Waals surface area contributed by atoms with Crippen molar-refractivity contribution in [2.75, 3.05) is 52.9 Å². The van der Waals surface area contributed by atoms with Crippen LogP contribution in [0.25, 0.3) is 86.2 Å². The van der Waals surface area contributed by atoms with E-state index in [0.29, 0.717) is 102 Å². The van der Waals surface area contributed by atoms with E-state index in [1.165, 1.54) is 0 Å². The number of hydrogen-bond acceptors (Lipinski definition) is 9. The first kappa shape index (κ1) is 57.1. The van der Waals surface area contributed by atoms with E-state index in [-0.39, 0.29) is 12.2 Å². The highest BCUT2D eigenvalue weighted by Crippen LogP contribution is 2.40. The summed E-state index contributed by atoms with van der Waals surface area (Å²) in [4.78, 5) is 14.7. The maximum atomic E-state index is 14.7. The van der Waals surface area contributed by atoms with Gasteiger partial charge >= 0.3 is 5.97 Å². The fraction of sp³-hybridized carbons (Fsp3) is 0.203. The minimum Gasteiger partial charge on any atom is -0.493 e. The Balaban J connectivity index is 0.712. The topological polar surface area (TPSA) is 90.9 Å². The van der Waals surface area contributed by atoms with Crippen LogP contribution in [0.15, 0.2) is 231 Å². The van der Waals surface area contributed by atoms with Crippen LogP contribution < -0.4 is 33.2 Å². The molecule has 440 valence electrons. The van der Waals surface area contributed by atoms with Crippen LogP contribution in [0.5, 0.6) is 40.2 Å². The van der Waals surface area contributed by atoms with Gasteiger partial charge in [-0.1, -0.05) is 194 Å². The lowest BCUT2D eigenvalue weighted by molar-refractivity contribution is 0.0484. The zero-order chi connectivity index (χ0) is 59.3. The summed E-state index contributed by atoms with van der Waals surface area (Å²) in [7, 11) is 0. The molecule has 0 aliphatic heterocycles. The molecule has 0 unspecified atom stereocenters. The standard InChI is InChI=1S/C79H70O9/c80-79(88-48-24-23-47-87-78-70-39-15-7-31-61(70)52-62-32-8-16-40-71(62)78)74-72(82-42-18-21-45-85-76-66-35-11-3-27-57(66)50-58-28-4-12-36-67(58)76)53-63(81-41-17-20-44-84-75-64-33-9-1-25-55(64)49-56-26-2-10-34-65(56)75)54-73(74)83-43-19-22-46-86-77-68-37-13-5-29-59(68)51-60-30-6-14-38-69(60)77/h1-16,25-40,49-54H,17-24,41-48H2. The number of unbranched alkanes of at least 4 members (excludes halogenated alkanes) is 4. The van der Waals surface area contributed by atoms with E-state index in [4.69, 9.17) is 37.9 Å². The van der Waals surface area contributed by atoms with Crippen LogP contribution in [-0.4, -0.2) is 58.8 Å². The third kappa shape index (κ3) is 12.9. The van der Waals surface area contributed by atoms with Gasteiger partial charge in [0.2, 0.25) is 0 Å². The molecule has 9 heteroatoms. The van der Waals surface area contributed by atoms with Gasteiger partial charge in [0.1, 0.15) is 45.8 Å². The second-order valence-electron chi connectivity index (χ2n) is 22.3. The lowest BCUT2D eigenvalue weighted by atomic mass is 10.0. The monoisotopic (exact) mass is 1160 g/mol. The van der Waals surface area contributed by atoms with Crippen molar-refractivity contribution in [2.24, 2.45) is 0 Å². The third-order valence-corrected chi connectivity index (χ3v) is 16.3. The lowest BCUT2D eigenvalue weighted by Crippen LogP contribution is -2.14. The van der Waals surface area contributed by atoms with Crippen LogP contribution in [0.1, 0.15) is 61.7 Å². The first-order valence-electron chi connectivity index (χ1n) is 31.0. The Bertz CT molecular complexity index is 4220. The molecule has 0 amide bonds. The van der Waals surface area contributed by atoms with Crippen LogP contribution in [0.3, 0.4) is 0 Å². The quantitative estimate of drug-likeness (QED) is 0.0270. The molecular weight excluding hydrogens is 1090 g/mol. The Morgan fingerprint density at radius 1 is 0.239 bits per heavy atom. The number of rotatable bonds is 28. The SMILES string of the molecule is O=C(OCCCCOc1c2ccccc2cc2ccccc12)c1c(OCCCCOc2c3ccccc3cc3ccccc23)cc(OCCCCOc2c3ccccc3cc3ccccc23)cc1OCCCCOc1c2ccccc2cc2ccccc12. The average Bonchev–Trinajstić information content (AvgIpc) is 1.53. The van der Waals surface area contributed by atoms with Crippen LogP contribution in [0.4, 0.5) is 0 Å². The van der Waals surface area contributed by atoms with Crippen molar-refractivity contribution in [1.82, 2.24) is 0 Å². The maximum absolute atomic E-state index is 14.7. The van der Waals surface area contributed by atoms with Gasteiger partial charge in [0.25, 0.3) is 0 Å². The molecular formula is C79H70O9. The molecule has 0 radical (unpaired) electrons. The van der Waals surface area contributed by atoms with Crippen molar-refractivity contribution in [3.05, 3.63) is 236 Å². The summed E-state index contributed by atoms with van der Waals surface area (Å²) < 4.78 is 52.3. The van der Waals surface area contributed by atoms with Gasteiger partial charge in [-0.15, -0.1) is 0 Å². The summed E-state index contributed by atoms with van der Waals surface area (Å²) >= 11 is 0. The van der Waals surface area contributed by atoms with Gasteiger partial charge in [-0.2, -0.15) is 0 Å². The second kappa shape index (κ2) is 27.6. The van der Waals surface area contributed by atoms with Crippen molar-refractivity contribution in [2.45, 2.75) is 51.4 Å². The van der Waals surface area contributed by atoms with Gasteiger partial charge in [0.05, 0.1) is 52.9 Å². The normalized spacial score (nSPS) is 11.5.